The number of nitrogens with zero attached hydrogens (tertiary/aromatic N) is 3. The van der Waals surface area contributed by atoms with Gasteiger partial charge in [-0.15, -0.1) is 0 Å². The van der Waals surface area contributed by atoms with Gasteiger partial charge in [-0.2, -0.15) is 4.99 Å². The molecule has 1 aromatic rings. The summed E-state index contributed by atoms with van der Waals surface area (Å²) in [5, 5.41) is 1.64. The Morgan fingerprint density at radius 3 is 2.80 bits per heavy atom. The summed E-state index contributed by atoms with van der Waals surface area (Å²) in [5.74, 6) is 2.55. The number of thiazole rings is 1. The van der Waals surface area contributed by atoms with Gasteiger partial charge in [-0.25, -0.2) is 4.98 Å². The zero-order valence-electron chi connectivity index (χ0n) is 11.6. The van der Waals surface area contributed by atoms with E-state index in [2.05, 4.69) is 38.2 Å². The maximum absolute atomic E-state index is 5.34. The van der Waals surface area contributed by atoms with E-state index in [-0.39, 0.29) is 0 Å². The quantitative estimate of drug-likeness (QED) is 0.631. The number of hydrogen-bond donors (Lipinski definition) is 0. The maximum atomic E-state index is 5.34. The molecule has 1 atom stereocenters. The van der Waals surface area contributed by atoms with E-state index in [0.717, 1.165) is 52.8 Å². The number of aromatic nitrogens is 1. The van der Waals surface area contributed by atoms with Crippen molar-refractivity contribution in [2.24, 2.45) is 9.98 Å². The van der Waals surface area contributed by atoms with E-state index in [9.17, 15) is 0 Å². The molecule has 0 spiro atoms. The molecule has 1 aliphatic rings. The van der Waals surface area contributed by atoms with Crippen molar-refractivity contribution >= 4 is 42.5 Å². The van der Waals surface area contributed by atoms with E-state index >= 15 is 0 Å². The van der Waals surface area contributed by atoms with Crippen molar-refractivity contribution in [3.63, 3.8) is 0 Å². The van der Waals surface area contributed by atoms with Crippen LogP contribution in [0.15, 0.2) is 23.1 Å². The predicted molar refractivity (Wildman–Crippen MR) is 89.6 cm³/mol. The summed E-state index contributed by atoms with van der Waals surface area (Å²) in [6, 6.07) is 0.319. The molecule has 4 nitrogen and oxygen atoms in total. The van der Waals surface area contributed by atoms with E-state index in [1.54, 1.807) is 0 Å². The average Bonchev–Trinajstić information content (AvgIpc) is 2.85. The Morgan fingerprint density at radius 1 is 1.50 bits per heavy atom. The fourth-order valence-corrected chi connectivity index (χ4v) is 3.27. The third-order valence-corrected chi connectivity index (χ3v) is 4.53. The third-order valence-electron chi connectivity index (χ3n) is 2.93. The molecule has 2 rings (SSSR count). The van der Waals surface area contributed by atoms with Crippen LogP contribution < -0.4 is 0 Å². The summed E-state index contributed by atoms with van der Waals surface area (Å²) in [7, 11) is 2.67. The largest absolute Gasteiger partial charge is 0.381 e. The van der Waals surface area contributed by atoms with Crippen LogP contribution in [0.4, 0.5) is 5.00 Å². The molecular formula is C14H18N3OPS. The van der Waals surface area contributed by atoms with Crippen LogP contribution in [0.3, 0.4) is 0 Å². The second-order valence-corrected chi connectivity index (χ2v) is 6.11. The Kier molecular flexibility index (Phi) is 5.38. The molecule has 1 saturated heterocycles. The van der Waals surface area contributed by atoms with Gasteiger partial charge in [-0.3, -0.25) is 4.99 Å². The van der Waals surface area contributed by atoms with Gasteiger partial charge >= 0.3 is 0 Å². The van der Waals surface area contributed by atoms with Crippen LogP contribution in [0.25, 0.3) is 5.57 Å². The highest BCUT2D eigenvalue weighted by molar-refractivity contribution is 7.44. The van der Waals surface area contributed by atoms with Gasteiger partial charge in [0, 0.05) is 13.2 Å². The minimum atomic E-state index is 0.319. The molecule has 2 heterocycles. The lowest BCUT2D eigenvalue weighted by molar-refractivity contribution is 0.0872. The molecule has 0 saturated carbocycles. The molecule has 20 heavy (non-hydrogen) atoms. The molecule has 0 N–H and O–H groups in total. The zero-order valence-corrected chi connectivity index (χ0v) is 13.5. The summed E-state index contributed by atoms with van der Waals surface area (Å²) in [6.07, 6.45) is 1.93. The molecular weight excluding hydrogens is 289 g/mol. The summed E-state index contributed by atoms with van der Waals surface area (Å²) in [4.78, 5) is 13.4. The first-order chi connectivity index (χ1) is 9.61. The van der Waals surface area contributed by atoms with E-state index in [0.29, 0.717) is 6.04 Å². The Bertz CT molecular complexity index is 562. The van der Waals surface area contributed by atoms with Crippen molar-refractivity contribution in [3.8, 4) is 0 Å². The molecule has 0 radical (unpaired) electrons. The molecule has 0 aliphatic carbocycles. The van der Waals surface area contributed by atoms with Crippen LogP contribution in [0, 0.1) is 0 Å². The van der Waals surface area contributed by atoms with E-state index in [4.69, 9.17) is 9.73 Å². The molecule has 106 valence electrons. The lowest BCUT2D eigenvalue weighted by Crippen LogP contribution is -2.19. The molecule has 0 amide bonds. The van der Waals surface area contributed by atoms with E-state index in [1.165, 1.54) is 11.3 Å². The monoisotopic (exact) mass is 307 g/mol. The summed E-state index contributed by atoms with van der Waals surface area (Å²) >= 11 is 1.49. The van der Waals surface area contributed by atoms with Crippen LogP contribution in [0.1, 0.15) is 30.5 Å². The first kappa shape index (κ1) is 15.3. The van der Waals surface area contributed by atoms with Crippen LogP contribution in [0.2, 0.25) is 0 Å². The lowest BCUT2D eigenvalue weighted by Gasteiger charge is -2.18. The van der Waals surface area contributed by atoms with E-state index < -0.39 is 0 Å². The van der Waals surface area contributed by atoms with Crippen molar-refractivity contribution in [2.45, 2.75) is 25.8 Å². The highest BCUT2D eigenvalue weighted by atomic mass is 32.1. The van der Waals surface area contributed by atoms with Crippen LogP contribution in [-0.4, -0.2) is 35.6 Å². The highest BCUT2D eigenvalue weighted by Crippen LogP contribution is 2.33. The lowest BCUT2D eigenvalue weighted by atomic mass is 10.1. The van der Waals surface area contributed by atoms with Gasteiger partial charge < -0.3 is 4.74 Å². The van der Waals surface area contributed by atoms with Gasteiger partial charge in [-0.1, -0.05) is 27.2 Å². The van der Waals surface area contributed by atoms with Crippen molar-refractivity contribution in [1.82, 2.24) is 4.98 Å². The summed E-state index contributed by atoms with van der Waals surface area (Å²) < 4.78 is 5.34. The van der Waals surface area contributed by atoms with Gasteiger partial charge in [-0.05, 0) is 37.8 Å². The molecule has 1 aromatic heterocycles. The molecule has 0 aromatic carbocycles. The Hall–Kier alpha value is -1.12. The van der Waals surface area contributed by atoms with Crippen molar-refractivity contribution in [2.75, 3.05) is 13.2 Å². The summed E-state index contributed by atoms with van der Waals surface area (Å²) in [6.45, 7) is 10.9. The Balaban J connectivity index is 2.27. The van der Waals surface area contributed by atoms with E-state index in [1.807, 2.05) is 6.92 Å². The number of rotatable bonds is 4. The molecule has 1 aliphatic heterocycles. The number of allylic oxidation sites excluding steroid dienone is 1. The van der Waals surface area contributed by atoms with Gasteiger partial charge in [0.15, 0.2) is 5.00 Å². The smallest absolute Gasteiger partial charge is 0.154 e. The fraction of sp³-hybridized carbons (Fsp3) is 0.429. The van der Waals surface area contributed by atoms with Gasteiger partial charge in [0.2, 0.25) is 0 Å². The SMILES string of the molecule is C=C=Nc1sc(C(P)=NC2CCOCC2)nc1C(=C)C. The van der Waals surface area contributed by atoms with Crippen molar-refractivity contribution < 1.29 is 4.74 Å². The second kappa shape index (κ2) is 7.05. The minimum absolute atomic E-state index is 0.319. The Morgan fingerprint density at radius 2 is 2.20 bits per heavy atom. The zero-order chi connectivity index (χ0) is 14.5. The van der Waals surface area contributed by atoms with Crippen LogP contribution in [-0.2, 0) is 4.74 Å². The Labute approximate surface area is 125 Å². The minimum Gasteiger partial charge on any atom is -0.381 e. The maximum Gasteiger partial charge on any atom is 0.154 e. The van der Waals surface area contributed by atoms with Gasteiger partial charge in [0.25, 0.3) is 0 Å². The standard InChI is InChI=1S/C14H18N3OPS/c1-4-15-13-11(9(2)3)17-14(20-13)12(19)16-10-5-7-18-8-6-10/h10H,1-2,5-8,19H2,3H3. The van der Waals surface area contributed by atoms with Crippen molar-refractivity contribution in [1.29, 1.82) is 0 Å². The van der Waals surface area contributed by atoms with Crippen LogP contribution in [0.5, 0.6) is 0 Å². The average molecular weight is 307 g/mol. The molecule has 1 fully saturated rings. The van der Waals surface area contributed by atoms with Crippen molar-refractivity contribution in [3.05, 3.63) is 23.9 Å². The molecule has 0 bridgehead atoms. The topological polar surface area (TPSA) is 46.8 Å². The summed E-state index contributed by atoms with van der Waals surface area (Å²) in [5.41, 5.74) is 2.54. The molecule has 6 heteroatoms. The van der Waals surface area contributed by atoms with Gasteiger partial charge in [0.1, 0.15) is 10.7 Å². The fourth-order valence-electron chi connectivity index (χ4n) is 1.91. The third kappa shape index (κ3) is 3.71. The number of aliphatic imine (C=N–C) groups is 2. The number of hydrogen-bond acceptors (Lipinski definition) is 5. The van der Waals surface area contributed by atoms with Crippen LogP contribution >= 0.6 is 20.6 Å². The first-order valence-corrected chi connectivity index (χ1v) is 7.82. The van der Waals surface area contributed by atoms with Gasteiger partial charge in [0.05, 0.1) is 11.5 Å². The second-order valence-electron chi connectivity index (χ2n) is 4.58. The first-order valence-electron chi connectivity index (χ1n) is 6.42. The molecule has 1 unspecified atom stereocenters. The normalized spacial score (nSPS) is 16.8. The predicted octanol–water partition coefficient (Wildman–Crippen LogP) is 3.46. The highest BCUT2D eigenvalue weighted by Gasteiger charge is 2.16. The number of ether oxygens (including phenoxy) is 1.